The average Bonchev–Trinajstić information content (AvgIpc) is 3.28. The number of methoxy groups -OCH3 is 1. The van der Waals surface area contributed by atoms with Gasteiger partial charge in [0.15, 0.2) is 23.2 Å². The molecule has 1 aromatic carbocycles. The Balaban J connectivity index is 1.39. The molecule has 0 saturated carbocycles. The summed E-state index contributed by atoms with van der Waals surface area (Å²) in [5.41, 5.74) is 1.88. The largest absolute Gasteiger partial charge is 0.493 e. The first-order chi connectivity index (χ1) is 14.9. The van der Waals surface area contributed by atoms with Crippen molar-refractivity contribution in [2.45, 2.75) is 25.7 Å². The number of aryl methyl sites for hydroxylation is 2. The molecule has 0 unspecified atom stereocenters. The minimum Gasteiger partial charge on any atom is -0.493 e. The lowest BCUT2D eigenvalue weighted by Crippen LogP contribution is -2.22. The number of thioether (sulfide) groups is 1. The molecule has 31 heavy (non-hydrogen) atoms. The Bertz CT molecular complexity index is 1060. The van der Waals surface area contributed by atoms with Crippen LogP contribution in [0.4, 0.5) is 5.13 Å². The number of amides is 2. The number of rotatable bonds is 6. The van der Waals surface area contributed by atoms with Gasteiger partial charge in [-0.15, -0.1) is 11.3 Å². The van der Waals surface area contributed by atoms with Gasteiger partial charge in [0.2, 0.25) is 0 Å². The maximum absolute atomic E-state index is 12.3. The minimum atomic E-state index is -0.274. The smallest absolute Gasteiger partial charge is 0.265 e. The molecule has 2 amide bonds. The van der Waals surface area contributed by atoms with Crippen LogP contribution in [0.3, 0.4) is 0 Å². The lowest BCUT2D eigenvalue weighted by Gasteiger charge is -2.11. The van der Waals surface area contributed by atoms with Gasteiger partial charge in [-0.3, -0.25) is 19.8 Å². The van der Waals surface area contributed by atoms with Crippen molar-refractivity contribution in [3.05, 3.63) is 39.2 Å². The average molecular weight is 476 g/mol. The van der Waals surface area contributed by atoms with E-state index in [0.29, 0.717) is 25.9 Å². The van der Waals surface area contributed by atoms with E-state index in [-0.39, 0.29) is 18.4 Å². The lowest BCUT2D eigenvalue weighted by atomic mass is 10.0. The summed E-state index contributed by atoms with van der Waals surface area (Å²) in [5, 5.41) is 3.44. The number of carbonyl (C=O) groups excluding carboxylic acids is 2. The molecule has 1 fully saturated rings. The predicted molar refractivity (Wildman–Crippen MR) is 127 cm³/mol. The van der Waals surface area contributed by atoms with E-state index in [1.807, 2.05) is 0 Å². The maximum atomic E-state index is 12.3. The van der Waals surface area contributed by atoms with E-state index in [1.165, 1.54) is 46.4 Å². The number of thiazole rings is 1. The van der Waals surface area contributed by atoms with Crippen molar-refractivity contribution in [2.24, 2.45) is 0 Å². The minimum absolute atomic E-state index is 0.130. The van der Waals surface area contributed by atoms with E-state index in [4.69, 9.17) is 21.7 Å². The molecule has 4 rings (SSSR count). The number of ether oxygens (including phenoxy) is 2. The highest BCUT2D eigenvalue weighted by atomic mass is 32.2. The summed E-state index contributed by atoms with van der Waals surface area (Å²) in [4.78, 5) is 32.3. The first-order valence-corrected chi connectivity index (χ1v) is 11.8. The van der Waals surface area contributed by atoms with Crippen LogP contribution in [-0.4, -0.2) is 46.8 Å². The number of thiocarbonyl (C=S) groups is 1. The highest BCUT2D eigenvalue weighted by molar-refractivity contribution is 8.26. The molecule has 10 heteroatoms. The van der Waals surface area contributed by atoms with Gasteiger partial charge in [0, 0.05) is 11.9 Å². The number of carbonyl (C=O) groups is 2. The number of hydrogen-bond donors (Lipinski definition) is 1. The maximum Gasteiger partial charge on any atom is 0.265 e. The summed E-state index contributed by atoms with van der Waals surface area (Å²) in [6.07, 6.45) is 6.09. The summed E-state index contributed by atoms with van der Waals surface area (Å²) in [6.45, 7) is -0.158. The van der Waals surface area contributed by atoms with E-state index in [0.717, 1.165) is 30.5 Å². The quantitative estimate of drug-likeness (QED) is 0.502. The molecule has 1 N–H and O–H groups in total. The van der Waals surface area contributed by atoms with E-state index >= 15 is 0 Å². The van der Waals surface area contributed by atoms with Gasteiger partial charge in [0.25, 0.3) is 11.8 Å². The molecule has 1 aliphatic carbocycles. The normalized spacial score (nSPS) is 17.1. The highest BCUT2D eigenvalue weighted by Gasteiger charge is 2.28. The number of benzene rings is 1. The fourth-order valence-corrected chi connectivity index (χ4v) is 5.54. The third kappa shape index (κ3) is 4.91. The van der Waals surface area contributed by atoms with Gasteiger partial charge in [-0.25, -0.2) is 4.98 Å². The second-order valence-electron chi connectivity index (χ2n) is 7.08. The van der Waals surface area contributed by atoms with Crippen molar-refractivity contribution in [3.8, 4) is 11.5 Å². The molecule has 0 bridgehead atoms. The number of likely N-dealkylation sites (N-methyl/N-ethyl adjacent to an activating group) is 1. The standard InChI is InChI=1S/C21H21N3O4S3/c1-24-19(26)17(31-21(24)29)10-12-7-8-14(15(9-12)27-2)28-11-18(25)23-20-22-13-5-3-4-6-16(13)30-20/h7-10H,3-6,11H2,1-2H3,(H,22,23,25)/b17-10-. The van der Waals surface area contributed by atoms with E-state index in [9.17, 15) is 9.59 Å². The summed E-state index contributed by atoms with van der Waals surface area (Å²) >= 11 is 7.95. The van der Waals surface area contributed by atoms with Crippen LogP contribution in [0, 0.1) is 0 Å². The van der Waals surface area contributed by atoms with Gasteiger partial charge in [0.1, 0.15) is 4.32 Å². The van der Waals surface area contributed by atoms with Crippen molar-refractivity contribution in [1.82, 2.24) is 9.88 Å². The second kappa shape index (κ2) is 9.37. The van der Waals surface area contributed by atoms with Gasteiger partial charge in [-0.2, -0.15) is 0 Å². The van der Waals surface area contributed by atoms with Gasteiger partial charge < -0.3 is 9.47 Å². The van der Waals surface area contributed by atoms with Crippen molar-refractivity contribution in [2.75, 3.05) is 26.1 Å². The lowest BCUT2D eigenvalue weighted by molar-refractivity contribution is -0.121. The second-order valence-corrected chi connectivity index (χ2v) is 9.84. The molecule has 7 nitrogen and oxygen atoms in total. The van der Waals surface area contributed by atoms with E-state index in [2.05, 4.69) is 10.3 Å². The molecule has 0 spiro atoms. The number of nitrogens with one attached hydrogen (secondary N) is 1. The summed E-state index contributed by atoms with van der Waals surface area (Å²) in [6, 6.07) is 5.27. The van der Waals surface area contributed by atoms with Crippen LogP contribution in [0.1, 0.15) is 29.0 Å². The molecule has 162 valence electrons. The Kier molecular flexibility index (Phi) is 6.59. The number of anilines is 1. The van der Waals surface area contributed by atoms with Crippen molar-refractivity contribution < 1.29 is 19.1 Å². The van der Waals surface area contributed by atoms with Crippen LogP contribution in [-0.2, 0) is 22.4 Å². The fraction of sp³-hybridized carbons (Fsp3) is 0.333. The topological polar surface area (TPSA) is 80.8 Å². The Morgan fingerprint density at radius 3 is 2.84 bits per heavy atom. The third-order valence-corrected chi connectivity index (χ3v) is 7.48. The van der Waals surface area contributed by atoms with Crippen LogP contribution in [0.5, 0.6) is 11.5 Å². The van der Waals surface area contributed by atoms with Crippen LogP contribution >= 0.6 is 35.3 Å². The van der Waals surface area contributed by atoms with Crippen LogP contribution < -0.4 is 14.8 Å². The molecule has 2 aliphatic rings. The zero-order chi connectivity index (χ0) is 22.0. The SMILES string of the molecule is COc1cc(/C=C2\SC(=S)N(C)C2=O)ccc1OCC(=O)Nc1nc2c(s1)CCCC2. The number of hydrogen-bond acceptors (Lipinski definition) is 8. The van der Waals surface area contributed by atoms with Crippen LogP contribution in [0.2, 0.25) is 0 Å². The number of nitrogens with zero attached hydrogens (tertiary/aromatic N) is 2. The molecular formula is C21H21N3O4S3. The van der Waals surface area contributed by atoms with Crippen molar-refractivity contribution in [1.29, 1.82) is 0 Å². The van der Waals surface area contributed by atoms with Gasteiger partial charge >= 0.3 is 0 Å². The molecular weight excluding hydrogens is 454 g/mol. The molecule has 2 aromatic rings. The summed E-state index contributed by atoms with van der Waals surface area (Å²) in [7, 11) is 3.18. The zero-order valence-electron chi connectivity index (χ0n) is 17.1. The van der Waals surface area contributed by atoms with E-state index in [1.54, 1.807) is 31.3 Å². The van der Waals surface area contributed by atoms with Gasteiger partial charge in [-0.05, 0) is 49.5 Å². The Hall–Kier alpha value is -2.43. The van der Waals surface area contributed by atoms with Crippen LogP contribution in [0.15, 0.2) is 23.1 Å². The van der Waals surface area contributed by atoms with Gasteiger partial charge in [0.05, 0.1) is 17.7 Å². The zero-order valence-corrected chi connectivity index (χ0v) is 19.5. The third-order valence-electron chi connectivity index (χ3n) is 4.92. The Morgan fingerprint density at radius 1 is 1.32 bits per heavy atom. The monoisotopic (exact) mass is 475 g/mol. The Labute approximate surface area is 193 Å². The van der Waals surface area contributed by atoms with Crippen LogP contribution in [0.25, 0.3) is 6.08 Å². The number of fused-ring (bicyclic) bond motifs is 1. The molecule has 2 heterocycles. The summed E-state index contributed by atoms with van der Waals surface area (Å²) in [5.74, 6) is 0.508. The fourth-order valence-electron chi connectivity index (χ4n) is 3.29. The van der Waals surface area contributed by atoms with Crippen molar-refractivity contribution in [3.63, 3.8) is 0 Å². The first-order valence-electron chi connectivity index (χ1n) is 9.75. The molecule has 1 aromatic heterocycles. The predicted octanol–water partition coefficient (Wildman–Crippen LogP) is 3.88. The number of aromatic nitrogens is 1. The van der Waals surface area contributed by atoms with Crippen molar-refractivity contribution >= 4 is 62.7 Å². The highest BCUT2D eigenvalue weighted by Crippen LogP contribution is 2.34. The van der Waals surface area contributed by atoms with E-state index < -0.39 is 0 Å². The first kappa shape index (κ1) is 21.8. The molecule has 0 radical (unpaired) electrons. The molecule has 0 atom stereocenters. The molecule has 1 aliphatic heterocycles. The Morgan fingerprint density at radius 2 is 2.13 bits per heavy atom. The summed E-state index contributed by atoms with van der Waals surface area (Å²) < 4.78 is 11.6. The molecule has 1 saturated heterocycles. The van der Waals surface area contributed by atoms with Gasteiger partial charge in [-0.1, -0.05) is 30.0 Å².